The highest BCUT2D eigenvalue weighted by molar-refractivity contribution is 9.10. The molecular weight excluding hydrogens is 436 g/mol. The third kappa shape index (κ3) is 4.36. The Morgan fingerprint density at radius 3 is 2.55 bits per heavy atom. The smallest absolute Gasteiger partial charge is 0.295 e. The number of hydrogen-bond acceptors (Lipinski definition) is 5. The summed E-state index contributed by atoms with van der Waals surface area (Å²) in [5.41, 5.74) is 1.26. The Labute approximate surface area is 178 Å². The lowest BCUT2D eigenvalue weighted by atomic mass is 9.95. The monoisotopic (exact) mass is 458 g/mol. The van der Waals surface area contributed by atoms with E-state index in [-0.39, 0.29) is 11.3 Å². The number of likely N-dealkylation sites (N-methyl/N-ethyl adjacent to an activating group) is 1. The van der Waals surface area contributed by atoms with Crippen LogP contribution in [0.1, 0.15) is 17.2 Å². The zero-order valence-electron chi connectivity index (χ0n) is 16.6. The number of halogens is 1. The summed E-state index contributed by atoms with van der Waals surface area (Å²) in [5.74, 6) is -0.954. The van der Waals surface area contributed by atoms with Crippen LogP contribution < -0.4 is 4.74 Å². The molecule has 2 aromatic carbocycles. The van der Waals surface area contributed by atoms with Crippen molar-refractivity contribution in [1.82, 2.24) is 9.80 Å². The molecule has 1 heterocycles. The number of ether oxygens (including phenoxy) is 1. The number of likely N-dealkylation sites (tertiary alicyclic amines) is 1. The van der Waals surface area contributed by atoms with Crippen LogP contribution in [0.3, 0.4) is 0 Å². The zero-order valence-corrected chi connectivity index (χ0v) is 18.1. The number of rotatable bonds is 6. The maximum Gasteiger partial charge on any atom is 0.295 e. The molecular formula is C22H23BrN2O4. The minimum atomic E-state index is -0.686. The van der Waals surface area contributed by atoms with Gasteiger partial charge in [0, 0.05) is 23.1 Å². The van der Waals surface area contributed by atoms with Gasteiger partial charge in [-0.3, -0.25) is 9.59 Å². The molecule has 1 unspecified atom stereocenters. The molecule has 0 aliphatic carbocycles. The summed E-state index contributed by atoms with van der Waals surface area (Å²) in [5, 5.41) is 11.0. The van der Waals surface area contributed by atoms with Crippen LogP contribution in [0.2, 0.25) is 0 Å². The average Bonchev–Trinajstić information content (AvgIpc) is 2.96. The van der Waals surface area contributed by atoms with Gasteiger partial charge in [0.2, 0.25) is 0 Å². The van der Waals surface area contributed by atoms with E-state index in [0.29, 0.717) is 24.4 Å². The Kier molecular flexibility index (Phi) is 6.39. The van der Waals surface area contributed by atoms with Crippen LogP contribution in [0.5, 0.6) is 5.75 Å². The van der Waals surface area contributed by atoms with Gasteiger partial charge in [-0.25, -0.2) is 0 Å². The summed E-state index contributed by atoms with van der Waals surface area (Å²) in [4.78, 5) is 29.2. The van der Waals surface area contributed by atoms with Crippen LogP contribution in [-0.2, 0) is 9.59 Å². The number of aliphatic hydroxyl groups excluding tert-OH is 1. The van der Waals surface area contributed by atoms with E-state index in [1.165, 1.54) is 12.0 Å². The van der Waals surface area contributed by atoms with Crippen molar-refractivity contribution >= 4 is 33.4 Å². The number of nitrogens with zero attached hydrogens (tertiary/aromatic N) is 2. The SMILES string of the molecule is COc1cccc(C(O)=C2C(=O)C(=O)N(CCN(C)C)C2c2cccc(Br)c2)c1. The summed E-state index contributed by atoms with van der Waals surface area (Å²) in [6.45, 7) is 0.959. The maximum atomic E-state index is 12.9. The molecule has 6 nitrogen and oxygen atoms in total. The van der Waals surface area contributed by atoms with Crippen molar-refractivity contribution in [3.05, 3.63) is 69.7 Å². The summed E-state index contributed by atoms with van der Waals surface area (Å²) < 4.78 is 6.05. The molecule has 1 fully saturated rings. The second kappa shape index (κ2) is 8.80. The first-order chi connectivity index (χ1) is 13.8. The van der Waals surface area contributed by atoms with Crippen molar-refractivity contribution in [2.24, 2.45) is 0 Å². The lowest BCUT2D eigenvalue weighted by Gasteiger charge is -2.26. The van der Waals surface area contributed by atoms with Crippen molar-refractivity contribution in [3.8, 4) is 5.75 Å². The fourth-order valence-electron chi connectivity index (χ4n) is 3.37. The van der Waals surface area contributed by atoms with Crippen LogP contribution in [-0.4, -0.2) is 60.9 Å². The Morgan fingerprint density at radius 2 is 1.90 bits per heavy atom. The Hall–Kier alpha value is -2.64. The molecule has 152 valence electrons. The van der Waals surface area contributed by atoms with Gasteiger partial charge in [0.25, 0.3) is 11.7 Å². The molecule has 1 aliphatic rings. The topological polar surface area (TPSA) is 70.1 Å². The molecule has 1 N–H and O–H groups in total. The largest absolute Gasteiger partial charge is 0.507 e. The van der Waals surface area contributed by atoms with Gasteiger partial charge >= 0.3 is 0 Å². The molecule has 7 heteroatoms. The minimum Gasteiger partial charge on any atom is -0.507 e. The van der Waals surface area contributed by atoms with Crippen molar-refractivity contribution < 1.29 is 19.4 Å². The number of ketones is 1. The standard InChI is InChI=1S/C22H23BrN2O4/c1-24(2)10-11-25-19(14-6-4-8-16(23)12-14)18(21(27)22(25)28)20(26)15-7-5-9-17(13-15)29-3/h4-9,12-13,19,26H,10-11H2,1-3H3. The van der Waals surface area contributed by atoms with E-state index in [1.807, 2.05) is 43.3 Å². The Balaban J connectivity index is 2.16. The van der Waals surface area contributed by atoms with E-state index in [1.54, 1.807) is 24.3 Å². The summed E-state index contributed by atoms with van der Waals surface area (Å²) >= 11 is 3.45. The fourth-order valence-corrected chi connectivity index (χ4v) is 3.78. The van der Waals surface area contributed by atoms with Gasteiger partial charge in [0.1, 0.15) is 11.5 Å². The number of Topliss-reactive ketones (excluding diaryl/α,β-unsaturated/α-hetero) is 1. The molecule has 0 radical (unpaired) electrons. The molecule has 0 bridgehead atoms. The third-order valence-electron chi connectivity index (χ3n) is 4.84. The van der Waals surface area contributed by atoms with Crippen molar-refractivity contribution in [1.29, 1.82) is 0 Å². The second-order valence-corrected chi connectivity index (χ2v) is 8.00. The highest BCUT2D eigenvalue weighted by Gasteiger charge is 2.45. The van der Waals surface area contributed by atoms with E-state index in [2.05, 4.69) is 15.9 Å². The number of hydrogen-bond donors (Lipinski definition) is 1. The van der Waals surface area contributed by atoms with E-state index in [4.69, 9.17) is 4.74 Å². The van der Waals surface area contributed by atoms with Gasteiger partial charge in [0.05, 0.1) is 18.7 Å². The van der Waals surface area contributed by atoms with Crippen molar-refractivity contribution in [2.75, 3.05) is 34.3 Å². The highest BCUT2D eigenvalue weighted by atomic mass is 79.9. The Morgan fingerprint density at radius 1 is 1.17 bits per heavy atom. The number of aliphatic hydroxyl groups is 1. The fraction of sp³-hybridized carbons (Fsp3) is 0.273. The first-order valence-corrected chi connectivity index (χ1v) is 9.95. The third-order valence-corrected chi connectivity index (χ3v) is 5.33. The second-order valence-electron chi connectivity index (χ2n) is 7.08. The van der Waals surface area contributed by atoms with Crippen LogP contribution in [0.25, 0.3) is 5.76 Å². The molecule has 29 heavy (non-hydrogen) atoms. The molecule has 2 aromatic rings. The first-order valence-electron chi connectivity index (χ1n) is 9.16. The van der Waals surface area contributed by atoms with E-state index < -0.39 is 17.7 Å². The summed E-state index contributed by atoms with van der Waals surface area (Å²) in [7, 11) is 5.34. The number of carbonyl (C=O) groups is 2. The average molecular weight is 459 g/mol. The number of methoxy groups -OCH3 is 1. The predicted molar refractivity (Wildman–Crippen MR) is 115 cm³/mol. The molecule has 1 saturated heterocycles. The van der Waals surface area contributed by atoms with Crippen molar-refractivity contribution in [2.45, 2.75) is 6.04 Å². The summed E-state index contributed by atoms with van der Waals surface area (Å²) in [6.07, 6.45) is 0. The van der Waals surface area contributed by atoms with Crippen LogP contribution in [0.15, 0.2) is 58.6 Å². The normalized spacial score (nSPS) is 18.5. The van der Waals surface area contributed by atoms with Gasteiger partial charge in [-0.05, 0) is 43.9 Å². The molecule has 1 amide bonds. The lowest BCUT2D eigenvalue weighted by molar-refractivity contribution is -0.140. The van der Waals surface area contributed by atoms with E-state index >= 15 is 0 Å². The van der Waals surface area contributed by atoms with Gasteiger partial charge < -0.3 is 19.6 Å². The molecule has 1 atom stereocenters. The van der Waals surface area contributed by atoms with Crippen LogP contribution >= 0.6 is 15.9 Å². The quantitative estimate of drug-likeness (QED) is 0.407. The number of carbonyl (C=O) groups excluding carboxylic acids is 2. The first kappa shape index (κ1) is 21.1. The van der Waals surface area contributed by atoms with E-state index in [9.17, 15) is 14.7 Å². The lowest BCUT2D eigenvalue weighted by Crippen LogP contribution is -2.35. The van der Waals surface area contributed by atoms with Gasteiger partial charge in [0.15, 0.2) is 0 Å². The number of amides is 1. The summed E-state index contributed by atoms with van der Waals surface area (Å²) in [6, 6.07) is 13.6. The number of benzene rings is 2. The maximum absolute atomic E-state index is 12.9. The predicted octanol–water partition coefficient (Wildman–Crippen LogP) is 3.44. The van der Waals surface area contributed by atoms with Crippen LogP contribution in [0, 0.1) is 0 Å². The van der Waals surface area contributed by atoms with Gasteiger partial charge in [-0.2, -0.15) is 0 Å². The molecule has 1 aliphatic heterocycles. The van der Waals surface area contributed by atoms with E-state index in [0.717, 1.165) is 10.0 Å². The highest BCUT2D eigenvalue weighted by Crippen LogP contribution is 2.40. The minimum absolute atomic E-state index is 0.0834. The molecule has 0 spiro atoms. The molecule has 0 saturated carbocycles. The van der Waals surface area contributed by atoms with Gasteiger partial charge in [-0.1, -0.05) is 40.2 Å². The zero-order chi connectivity index (χ0) is 21.1. The molecule has 3 rings (SSSR count). The van der Waals surface area contributed by atoms with Crippen LogP contribution in [0.4, 0.5) is 0 Å². The molecule has 0 aromatic heterocycles. The Bertz CT molecular complexity index is 971. The van der Waals surface area contributed by atoms with Gasteiger partial charge in [-0.15, -0.1) is 0 Å². The van der Waals surface area contributed by atoms with Crippen molar-refractivity contribution in [3.63, 3.8) is 0 Å².